The van der Waals surface area contributed by atoms with Crippen LogP contribution in [0, 0.1) is 5.82 Å². The molecule has 0 aliphatic carbocycles. The summed E-state index contributed by atoms with van der Waals surface area (Å²) in [6.45, 7) is 1.92. The smallest absolute Gasteiger partial charge is 0.188 e. The van der Waals surface area contributed by atoms with E-state index in [4.69, 9.17) is 11.5 Å². The number of nitrogens with two attached hydrogens (primary N) is 2. The summed E-state index contributed by atoms with van der Waals surface area (Å²) < 4.78 is 12.6. The molecule has 0 heterocycles. The van der Waals surface area contributed by atoms with Crippen LogP contribution in [-0.4, -0.2) is 19.0 Å². The highest BCUT2D eigenvalue weighted by molar-refractivity contribution is 5.77. The molecule has 0 spiro atoms. The van der Waals surface area contributed by atoms with Crippen molar-refractivity contribution in [3.8, 4) is 0 Å². The van der Waals surface area contributed by atoms with Crippen LogP contribution in [0.15, 0.2) is 29.3 Å². The van der Waals surface area contributed by atoms with E-state index in [0.717, 1.165) is 24.9 Å². The lowest BCUT2D eigenvalue weighted by Gasteiger charge is -2.04. The Morgan fingerprint density at radius 2 is 1.94 bits per heavy atom. The number of rotatable bonds is 6. The van der Waals surface area contributed by atoms with Crippen LogP contribution < -0.4 is 16.8 Å². The summed E-state index contributed by atoms with van der Waals surface area (Å²) in [5, 5.41) is 3.00. The molecule has 1 aromatic carbocycles. The number of aliphatic imine (C=N–C) groups is 1. The Hall–Kier alpha value is -1.62. The standard InChI is InChI=1S/C12H19FN4/c13-11-5-3-10(4-6-11)9-17-12(15)16-8-2-1-7-14/h3-6H,1-2,7-9,14H2,(H3,15,16,17). The molecule has 0 bridgehead atoms. The summed E-state index contributed by atoms with van der Waals surface area (Å²) in [5.41, 5.74) is 12.0. The molecule has 0 aliphatic heterocycles. The molecule has 0 radical (unpaired) electrons. The second-order valence-corrected chi connectivity index (χ2v) is 3.75. The van der Waals surface area contributed by atoms with Crippen molar-refractivity contribution in [1.82, 2.24) is 5.32 Å². The van der Waals surface area contributed by atoms with E-state index in [2.05, 4.69) is 10.3 Å². The maximum Gasteiger partial charge on any atom is 0.188 e. The van der Waals surface area contributed by atoms with Gasteiger partial charge >= 0.3 is 0 Å². The van der Waals surface area contributed by atoms with Crippen molar-refractivity contribution in [3.05, 3.63) is 35.6 Å². The molecule has 4 nitrogen and oxygen atoms in total. The Bertz CT molecular complexity index is 348. The molecule has 0 saturated carbocycles. The van der Waals surface area contributed by atoms with Crippen LogP contribution in [-0.2, 0) is 6.54 Å². The van der Waals surface area contributed by atoms with Crippen LogP contribution in [0.1, 0.15) is 18.4 Å². The first-order chi connectivity index (χ1) is 8.22. The van der Waals surface area contributed by atoms with Gasteiger partial charge in [0.1, 0.15) is 5.82 Å². The number of nitrogens with one attached hydrogen (secondary N) is 1. The van der Waals surface area contributed by atoms with Crippen molar-refractivity contribution in [2.24, 2.45) is 16.5 Å². The fourth-order valence-corrected chi connectivity index (χ4v) is 1.31. The van der Waals surface area contributed by atoms with Gasteiger partial charge in [-0.1, -0.05) is 12.1 Å². The molecule has 5 heteroatoms. The summed E-state index contributed by atoms with van der Waals surface area (Å²) in [6.07, 6.45) is 1.95. The van der Waals surface area contributed by atoms with E-state index in [1.54, 1.807) is 12.1 Å². The lowest BCUT2D eigenvalue weighted by Crippen LogP contribution is -2.32. The topological polar surface area (TPSA) is 76.4 Å². The highest BCUT2D eigenvalue weighted by Gasteiger charge is 1.94. The van der Waals surface area contributed by atoms with Crippen LogP contribution >= 0.6 is 0 Å². The van der Waals surface area contributed by atoms with E-state index >= 15 is 0 Å². The number of halogens is 1. The van der Waals surface area contributed by atoms with Crippen LogP contribution in [0.2, 0.25) is 0 Å². The number of guanidine groups is 1. The Balaban J connectivity index is 2.29. The molecule has 0 aromatic heterocycles. The molecule has 1 rings (SSSR count). The van der Waals surface area contributed by atoms with Crippen molar-refractivity contribution in [2.75, 3.05) is 13.1 Å². The van der Waals surface area contributed by atoms with Crippen LogP contribution in [0.3, 0.4) is 0 Å². The van der Waals surface area contributed by atoms with Crippen molar-refractivity contribution >= 4 is 5.96 Å². The third-order valence-corrected chi connectivity index (χ3v) is 2.28. The highest BCUT2D eigenvalue weighted by Crippen LogP contribution is 2.03. The lowest BCUT2D eigenvalue weighted by atomic mass is 10.2. The largest absolute Gasteiger partial charge is 0.370 e. The molecule has 0 aliphatic rings. The number of unbranched alkanes of at least 4 members (excludes halogenated alkanes) is 1. The van der Waals surface area contributed by atoms with E-state index in [1.165, 1.54) is 12.1 Å². The summed E-state index contributed by atoms with van der Waals surface area (Å²) in [7, 11) is 0. The van der Waals surface area contributed by atoms with Gasteiger partial charge < -0.3 is 16.8 Å². The summed E-state index contributed by atoms with van der Waals surface area (Å²) in [4.78, 5) is 4.15. The summed E-state index contributed by atoms with van der Waals surface area (Å²) in [6, 6.07) is 6.21. The van der Waals surface area contributed by atoms with Gasteiger partial charge in [0.25, 0.3) is 0 Å². The summed E-state index contributed by atoms with van der Waals surface area (Å²) in [5.74, 6) is 0.164. The Morgan fingerprint density at radius 3 is 2.59 bits per heavy atom. The van der Waals surface area contributed by atoms with Crippen LogP contribution in [0.4, 0.5) is 4.39 Å². The molecule has 5 N–H and O–H groups in total. The molecule has 0 fully saturated rings. The monoisotopic (exact) mass is 238 g/mol. The molecule has 0 saturated heterocycles. The quantitative estimate of drug-likeness (QED) is 0.392. The highest BCUT2D eigenvalue weighted by atomic mass is 19.1. The first-order valence-electron chi connectivity index (χ1n) is 5.70. The number of hydrogen-bond acceptors (Lipinski definition) is 2. The zero-order valence-electron chi connectivity index (χ0n) is 9.82. The normalized spacial score (nSPS) is 11.5. The second-order valence-electron chi connectivity index (χ2n) is 3.75. The molecule has 94 valence electrons. The van der Waals surface area contributed by atoms with Gasteiger partial charge in [0.2, 0.25) is 0 Å². The van der Waals surface area contributed by atoms with Gasteiger partial charge in [-0.15, -0.1) is 0 Å². The van der Waals surface area contributed by atoms with Gasteiger partial charge in [0.15, 0.2) is 5.96 Å². The van der Waals surface area contributed by atoms with E-state index in [0.29, 0.717) is 19.0 Å². The van der Waals surface area contributed by atoms with Gasteiger partial charge in [-0.3, -0.25) is 0 Å². The van der Waals surface area contributed by atoms with Crippen molar-refractivity contribution < 1.29 is 4.39 Å². The minimum absolute atomic E-state index is 0.245. The van der Waals surface area contributed by atoms with Crippen LogP contribution in [0.5, 0.6) is 0 Å². The fourth-order valence-electron chi connectivity index (χ4n) is 1.31. The third kappa shape index (κ3) is 5.87. The van der Waals surface area contributed by atoms with Gasteiger partial charge in [-0.2, -0.15) is 0 Å². The number of nitrogens with zero attached hydrogens (tertiary/aromatic N) is 1. The zero-order valence-corrected chi connectivity index (χ0v) is 9.82. The SMILES string of the molecule is NCCCCNC(N)=NCc1ccc(F)cc1. The fraction of sp³-hybridized carbons (Fsp3) is 0.417. The first-order valence-corrected chi connectivity index (χ1v) is 5.70. The molecule has 0 atom stereocenters. The van der Waals surface area contributed by atoms with Gasteiger partial charge in [-0.05, 0) is 37.1 Å². The van der Waals surface area contributed by atoms with E-state index < -0.39 is 0 Å². The first kappa shape index (κ1) is 13.4. The second kappa shape index (κ2) is 7.62. The Kier molecular flexibility index (Phi) is 6.03. The average molecular weight is 238 g/mol. The van der Waals surface area contributed by atoms with E-state index in [-0.39, 0.29) is 5.82 Å². The molecule has 0 amide bonds. The van der Waals surface area contributed by atoms with Crippen molar-refractivity contribution in [2.45, 2.75) is 19.4 Å². The van der Waals surface area contributed by atoms with Gasteiger partial charge in [0, 0.05) is 6.54 Å². The predicted octanol–water partition coefficient (Wildman–Crippen LogP) is 0.969. The molecule has 17 heavy (non-hydrogen) atoms. The summed E-state index contributed by atoms with van der Waals surface area (Å²) >= 11 is 0. The van der Waals surface area contributed by atoms with Gasteiger partial charge in [-0.25, -0.2) is 9.38 Å². The molecule has 1 aromatic rings. The van der Waals surface area contributed by atoms with Crippen molar-refractivity contribution in [1.29, 1.82) is 0 Å². The minimum Gasteiger partial charge on any atom is -0.370 e. The third-order valence-electron chi connectivity index (χ3n) is 2.28. The van der Waals surface area contributed by atoms with E-state index in [9.17, 15) is 4.39 Å². The Labute approximate surface area is 101 Å². The Morgan fingerprint density at radius 1 is 1.24 bits per heavy atom. The molecule has 0 unspecified atom stereocenters. The minimum atomic E-state index is -0.245. The maximum absolute atomic E-state index is 12.6. The van der Waals surface area contributed by atoms with E-state index in [1.807, 2.05) is 0 Å². The number of hydrogen-bond donors (Lipinski definition) is 3. The zero-order chi connectivity index (χ0) is 12.5. The molecular formula is C12H19FN4. The lowest BCUT2D eigenvalue weighted by molar-refractivity contribution is 0.627. The van der Waals surface area contributed by atoms with Gasteiger partial charge in [0.05, 0.1) is 6.54 Å². The van der Waals surface area contributed by atoms with Crippen molar-refractivity contribution in [3.63, 3.8) is 0 Å². The molecular weight excluding hydrogens is 219 g/mol. The predicted molar refractivity (Wildman–Crippen MR) is 68.0 cm³/mol. The average Bonchev–Trinajstić information content (AvgIpc) is 2.34. The maximum atomic E-state index is 12.6. The van der Waals surface area contributed by atoms with Crippen LogP contribution in [0.25, 0.3) is 0 Å². The number of benzene rings is 1.